The second kappa shape index (κ2) is 7.76. The molecular formula is C15H28BO. The third-order valence-corrected chi connectivity index (χ3v) is 3.80. The number of aliphatic hydroxyl groups excluding tert-OH is 1. The van der Waals surface area contributed by atoms with E-state index in [1.54, 1.807) is 6.08 Å². The molecule has 0 aromatic carbocycles. The van der Waals surface area contributed by atoms with E-state index in [1.807, 2.05) is 0 Å². The van der Waals surface area contributed by atoms with E-state index in [9.17, 15) is 5.11 Å². The van der Waals surface area contributed by atoms with E-state index in [4.69, 9.17) is 0 Å². The Hall–Kier alpha value is -0.495. The molecule has 0 saturated carbocycles. The van der Waals surface area contributed by atoms with E-state index in [1.165, 1.54) is 5.57 Å². The Kier molecular flexibility index (Phi) is 7.53. The summed E-state index contributed by atoms with van der Waals surface area (Å²) in [5.74, 6) is 0.633. The molecule has 0 aromatic heterocycles. The smallest absolute Gasteiger partial charge is 0.119 e. The van der Waals surface area contributed by atoms with E-state index in [0.717, 1.165) is 25.7 Å². The molecule has 0 aliphatic rings. The van der Waals surface area contributed by atoms with Gasteiger partial charge in [-0.25, -0.2) is 0 Å². The number of hydrogen-bond donors (Lipinski definition) is 1. The largest absolute Gasteiger partial charge is 0.389 e. The molecule has 17 heavy (non-hydrogen) atoms. The fourth-order valence-corrected chi connectivity index (χ4v) is 1.66. The maximum atomic E-state index is 9.41. The monoisotopic (exact) mass is 235 g/mol. The molecule has 0 saturated heterocycles. The summed E-state index contributed by atoms with van der Waals surface area (Å²) in [5.41, 5.74) is 1.30. The van der Waals surface area contributed by atoms with E-state index in [2.05, 4.69) is 48.0 Å². The molecule has 0 aliphatic heterocycles. The van der Waals surface area contributed by atoms with Crippen molar-refractivity contribution >= 4 is 7.28 Å². The van der Waals surface area contributed by atoms with Gasteiger partial charge in [-0.1, -0.05) is 39.2 Å². The maximum absolute atomic E-state index is 9.41. The van der Waals surface area contributed by atoms with Gasteiger partial charge in [0.1, 0.15) is 7.28 Å². The first kappa shape index (κ1) is 16.5. The van der Waals surface area contributed by atoms with Gasteiger partial charge in [0, 0.05) is 0 Å². The van der Waals surface area contributed by atoms with Crippen LogP contribution in [0.1, 0.15) is 46.5 Å². The highest BCUT2D eigenvalue weighted by atomic mass is 16.3. The molecule has 0 rings (SSSR count). The summed E-state index contributed by atoms with van der Waals surface area (Å²) in [7, 11) is 2.21. The topological polar surface area (TPSA) is 20.2 Å². The minimum atomic E-state index is -0.346. The van der Waals surface area contributed by atoms with Crippen LogP contribution in [-0.4, -0.2) is 18.5 Å². The first-order valence-electron chi connectivity index (χ1n) is 6.63. The van der Waals surface area contributed by atoms with Crippen LogP contribution in [0.15, 0.2) is 24.8 Å². The molecule has 0 amide bonds. The quantitative estimate of drug-likeness (QED) is 0.468. The number of allylic oxidation sites excluding steroid dienone is 1. The maximum Gasteiger partial charge on any atom is 0.119 e. The summed E-state index contributed by atoms with van der Waals surface area (Å²) in [4.78, 5) is 0. The minimum absolute atomic E-state index is 0.139. The van der Waals surface area contributed by atoms with Crippen LogP contribution < -0.4 is 0 Å². The van der Waals surface area contributed by atoms with Gasteiger partial charge >= 0.3 is 0 Å². The van der Waals surface area contributed by atoms with Gasteiger partial charge < -0.3 is 5.11 Å². The summed E-state index contributed by atoms with van der Waals surface area (Å²) in [6.07, 6.45) is 5.36. The lowest BCUT2D eigenvalue weighted by Crippen LogP contribution is -2.13. The molecule has 0 aromatic rings. The highest BCUT2D eigenvalue weighted by molar-refractivity contribution is 6.39. The second-order valence-electron chi connectivity index (χ2n) is 5.64. The Bertz CT molecular complexity index is 245. The molecule has 0 aliphatic carbocycles. The zero-order valence-corrected chi connectivity index (χ0v) is 12.0. The molecule has 0 heterocycles. The SMILES string of the molecule is C=CC(O)CCC(C)CCC(=C)C(C)(C)[B]C. The predicted molar refractivity (Wildman–Crippen MR) is 78.6 cm³/mol. The first-order chi connectivity index (χ1) is 7.83. The summed E-state index contributed by atoms with van der Waals surface area (Å²) in [6.45, 7) is 16.5. The van der Waals surface area contributed by atoms with Gasteiger partial charge in [0.2, 0.25) is 0 Å². The standard InChI is InChI=1S/C15H28BO/c1-7-14(17)11-9-12(2)8-10-13(3)15(4,5)16-6/h7,12,14,17H,1,3,8-11H2,2,4-6H3. The Labute approximate surface area is 108 Å². The zero-order valence-electron chi connectivity index (χ0n) is 12.0. The van der Waals surface area contributed by atoms with Crippen molar-refractivity contribution < 1.29 is 5.11 Å². The fraction of sp³-hybridized carbons (Fsp3) is 0.733. The third kappa shape index (κ3) is 6.73. The molecule has 0 fully saturated rings. The van der Waals surface area contributed by atoms with E-state index in [-0.39, 0.29) is 11.4 Å². The summed E-state index contributed by atoms with van der Waals surface area (Å²) >= 11 is 0. The van der Waals surface area contributed by atoms with Crippen LogP contribution >= 0.6 is 0 Å². The van der Waals surface area contributed by atoms with Crippen molar-refractivity contribution in [1.29, 1.82) is 0 Å². The average molecular weight is 235 g/mol. The third-order valence-electron chi connectivity index (χ3n) is 3.80. The van der Waals surface area contributed by atoms with Gasteiger partial charge in [-0.3, -0.25) is 0 Å². The molecule has 0 bridgehead atoms. The average Bonchev–Trinajstić information content (AvgIpc) is 2.32. The van der Waals surface area contributed by atoms with Crippen LogP contribution in [0.25, 0.3) is 0 Å². The number of rotatable bonds is 9. The van der Waals surface area contributed by atoms with Crippen LogP contribution in [0.5, 0.6) is 0 Å². The molecule has 97 valence electrons. The predicted octanol–water partition coefficient (Wildman–Crippen LogP) is 4.24. The highest BCUT2D eigenvalue weighted by Gasteiger charge is 2.19. The Morgan fingerprint density at radius 2 is 1.94 bits per heavy atom. The van der Waals surface area contributed by atoms with Crippen molar-refractivity contribution in [3.05, 3.63) is 24.8 Å². The zero-order chi connectivity index (χ0) is 13.5. The molecule has 2 atom stereocenters. The lowest BCUT2D eigenvalue weighted by atomic mass is 9.52. The van der Waals surface area contributed by atoms with Gasteiger partial charge in [-0.2, -0.15) is 0 Å². The highest BCUT2D eigenvalue weighted by Crippen LogP contribution is 2.35. The van der Waals surface area contributed by atoms with E-state index < -0.39 is 0 Å². The van der Waals surface area contributed by atoms with Gasteiger partial charge in [0.25, 0.3) is 0 Å². The van der Waals surface area contributed by atoms with Crippen molar-refractivity contribution in [3.63, 3.8) is 0 Å². The van der Waals surface area contributed by atoms with Crippen molar-refractivity contribution in [2.24, 2.45) is 5.92 Å². The van der Waals surface area contributed by atoms with E-state index in [0.29, 0.717) is 5.92 Å². The minimum Gasteiger partial charge on any atom is -0.389 e. The van der Waals surface area contributed by atoms with Crippen molar-refractivity contribution in [3.8, 4) is 0 Å². The van der Waals surface area contributed by atoms with Crippen LogP contribution in [0.2, 0.25) is 12.1 Å². The Morgan fingerprint density at radius 1 is 1.35 bits per heavy atom. The molecule has 1 N–H and O–H groups in total. The Balaban J connectivity index is 3.88. The van der Waals surface area contributed by atoms with Gasteiger partial charge in [-0.05, 0) is 36.9 Å². The Morgan fingerprint density at radius 3 is 2.41 bits per heavy atom. The number of hydrogen-bond acceptors (Lipinski definition) is 1. The lowest BCUT2D eigenvalue weighted by molar-refractivity contribution is 0.201. The van der Waals surface area contributed by atoms with Gasteiger partial charge in [0.15, 0.2) is 0 Å². The molecule has 2 unspecified atom stereocenters. The first-order valence-corrected chi connectivity index (χ1v) is 6.63. The number of aliphatic hydroxyl groups is 1. The van der Waals surface area contributed by atoms with Crippen molar-refractivity contribution in [1.82, 2.24) is 0 Å². The van der Waals surface area contributed by atoms with Gasteiger partial charge in [-0.15, -0.1) is 13.2 Å². The summed E-state index contributed by atoms with van der Waals surface area (Å²) in [6, 6.07) is 0. The van der Waals surface area contributed by atoms with E-state index >= 15 is 0 Å². The summed E-state index contributed by atoms with van der Waals surface area (Å²) in [5, 5.41) is 9.55. The van der Waals surface area contributed by atoms with Crippen molar-refractivity contribution in [2.75, 3.05) is 0 Å². The van der Waals surface area contributed by atoms with Crippen LogP contribution in [-0.2, 0) is 0 Å². The second-order valence-corrected chi connectivity index (χ2v) is 5.64. The van der Waals surface area contributed by atoms with Crippen LogP contribution in [0.4, 0.5) is 0 Å². The molecule has 2 heteroatoms. The lowest BCUT2D eigenvalue weighted by Gasteiger charge is -2.26. The molecule has 1 nitrogen and oxygen atoms in total. The summed E-state index contributed by atoms with van der Waals surface area (Å²) < 4.78 is 0. The normalized spacial score (nSPS) is 15.1. The fourth-order valence-electron chi connectivity index (χ4n) is 1.66. The van der Waals surface area contributed by atoms with Crippen molar-refractivity contribution in [2.45, 2.75) is 64.7 Å². The molecule has 0 spiro atoms. The van der Waals surface area contributed by atoms with Crippen LogP contribution in [0, 0.1) is 5.92 Å². The van der Waals surface area contributed by atoms with Crippen LogP contribution in [0.3, 0.4) is 0 Å². The molecule has 1 radical (unpaired) electrons. The molecular weight excluding hydrogens is 207 g/mol. The van der Waals surface area contributed by atoms with Gasteiger partial charge in [0.05, 0.1) is 6.10 Å².